The van der Waals surface area contributed by atoms with Crippen molar-refractivity contribution in [2.75, 3.05) is 46.0 Å². The fourth-order valence-corrected chi connectivity index (χ4v) is 3.58. The Balaban J connectivity index is 1.80. The number of nitrogens with one attached hydrogen (secondary N) is 1. The highest BCUT2D eigenvalue weighted by atomic mass is 32.2. The van der Waals surface area contributed by atoms with Crippen LogP contribution in [0.5, 0.6) is 0 Å². The van der Waals surface area contributed by atoms with Crippen LogP contribution in [0.25, 0.3) is 0 Å². The summed E-state index contributed by atoms with van der Waals surface area (Å²) >= 11 is 1.77. The highest BCUT2D eigenvalue weighted by Crippen LogP contribution is 2.15. The molecule has 1 fully saturated rings. The predicted octanol–water partition coefficient (Wildman–Crippen LogP) is 2.65. The largest absolute Gasteiger partial charge is 0.393 e. The molecule has 0 bridgehead atoms. The molecule has 0 spiro atoms. The molecule has 1 aliphatic heterocycles. The molecule has 0 amide bonds. The lowest BCUT2D eigenvalue weighted by Gasteiger charge is -2.29. The fraction of sp³-hybridized carbons (Fsp3) is 0.650. The third-order valence-corrected chi connectivity index (χ3v) is 5.47. The Bertz CT molecular complexity index is 541. The minimum atomic E-state index is -0.0942. The standard InChI is InChI=1S/C20H34N4OS/c1-4-21-20(22-12-5-13-24-14-10-18(25)11-15-24)23(2)16-17-6-8-19(26-3)9-7-17/h6-9,18,25H,4-5,10-16H2,1-3H3,(H,21,22). The Hall–Kier alpha value is -1.24. The second-order valence-electron chi connectivity index (χ2n) is 6.87. The zero-order valence-electron chi connectivity index (χ0n) is 16.4. The van der Waals surface area contributed by atoms with Gasteiger partial charge in [-0.3, -0.25) is 4.99 Å². The van der Waals surface area contributed by atoms with Gasteiger partial charge in [-0.1, -0.05) is 12.1 Å². The molecular weight excluding hydrogens is 344 g/mol. The summed E-state index contributed by atoms with van der Waals surface area (Å²) in [5, 5.41) is 13.0. The molecule has 0 aliphatic carbocycles. The highest BCUT2D eigenvalue weighted by Gasteiger charge is 2.16. The molecular formula is C20H34N4OS. The van der Waals surface area contributed by atoms with Gasteiger partial charge in [0.1, 0.15) is 0 Å². The monoisotopic (exact) mass is 378 g/mol. The molecule has 0 radical (unpaired) electrons. The van der Waals surface area contributed by atoms with E-state index in [0.717, 1.165) is 64.5 Å². The van der Waals surface area contributed by atoms with E-state index in [2.05, 4.69) is 59.6 Å². The molecule has 6 heteroatoms. The summed E-state index contributed by atoms with van der Waals surface area (Å²) in [7, 11) is 2.09. The second kappa shape index (κ2) is 11.5. The number of benzene rings is 1. The number of hydrogen-bond donors (Lipinski definition) is 2. The molecule has 0 unspecified atom stereocenters. The van der Waals surface area contributed by atoms with Crippen molar-refractivity contribution >= 4 is 17.7 Å². The van der Waals surface area contributed by atoms with E-state index in [1.165, 1.54) is 10.5 Å². The summed E-state index contributed by atoms with van der Waals surface area (Å²) in [6.07, 6.45) is 4.88. The van der Waals surface area contributed by atoms with Gasteiger partial charge in [0.15, 0.2) is 5.96 Å². The average Bonchev–Trinajstić information content (AvgIpc) is 2.66. The number of thioether (sulfide) groups is 1. The molecule has 1 aromatic carbocycles. The van der Waals surface area contributed by atoms with Crippen LogP contribution in [0.15, 0.2) is 34.2 Å². The summed E-state index contributed by atoms with van der Waals surface area (Å²) in [4.78, 5) is 10.7. The van der Waals surface area contributed by atoms with Gasteiger partial charge in [0.2, 0.25) is 0 Å². The van der Waals surface area contributed by atoms with Gasteiger partial charge in [0.05, 0.1) is 6.10 Å². The van der Waals surface area contributed by atoms with E-state index in [4.69, 9.17) is 4.99 Å². The number of hydrogen-bond acceptors (Lipinski definition) is 4. The number of rotatable bonds is 8. The lowest BCUT2D eigenvalue weighted by Crippen LogP contribution is -2.39. The predicted molar refractivity (Wildman–Crippen MR) is 112 cm³/mol. The summed E-state index contributed by atoms with van der Waals surface area (Å²) < 4.78 is 0. The van der Waals surface area contributed by atoms with Crippen LogP contribution in [-0.4, -0.2) is 73.0 Å². The highest BCUT2D eigenvalue weighted by molar-refractivity contribution is 7.98. The molecule has 1 aromatic rings. The third-order valence-electron chi connectivity index (χ3n) is 4.73. The first-order valence-electron chi connectivity index (χ1n) is 9.65. The SMILES string of the molecule is CCNC(=NCCCN1CCC(O)CC1)N(C)Cc1ccc(SC)cc1. The lowest BCUT2D eigenvalue weighted by atomic mass is 10.1. The average molecular weight is 379 g/mol. The number of aliphatic hydroxyl groups is 1. The Morgan fingerprint density at radius 2 is 2.00 bits per heavy atom. The molecule has 0 saturated carbocycles. The van der Waals surface area contributed by atoms with E-state index in [1.54, 1.807) is 11.8 Å². The first-order valence-corrected chi connectivity index (χ1v) is 10.9. The van der Waals surface area contributed by atoms with E-state index >= 15 is 0 Å². The van der Waals surface area contributed by atoms with Gasteiger partial charge < -0.3 is 20.2 Å². The van der Waals surface area contributed by atoms with Crippen molar-refractivity contribution in [3.8, 4) is 0 Å². The third kappa shape index (κ3) is 7.17. The first kappa shape index (κ1) is 21.1. The molecule has 146 valence electrons. The maximum absolute atomic E-state index is 9.58. The van der Waals surface area contributed by atoms with Crippen LogP contribution in [-0.2, 0) is 6.54 Å². The zero-order valence-corrected chi connectivity index (χ0v) is 17.3. The first-order chi connectivity index (χ1) is 12.6. The summed E-state index contributed by atoms with van der Waals surface area (Å²) in [6, 6.07) is 8.73. The molecule has 1 saturated heterocycles. The van der Waals surface area contributed by atoms with Gasteiger partial charge in [0, 0.05) is 44.7 Å². The number of aliphatic hydroxyl groups excluding tert-OH is 1. The van der Waals surface area contributed by atoms with Crippen LogP contribution >= 0.6 is 11.8 Å². The molecule has 5 nitrogen and oxygen atoms in total. The van der Waals surface area contributed by atoms with Crippen LogP contribution in [0.1, 0.15) is 31.7 Å². The van der Waals surface area contributed by atoms with Crippen molar-refractivity contribution in [3.05, 3.63) is 29.8 Å². The van der Waals surface area contributed by atoms with Crippen LogP contribution in [0, 0.1) is 0 Å². The van der Waals surface area contributed by atoms with E-state index in [0.29, 0.717) is 0 Å². The van der Waals surface area contributed by atoms with Crippen LogP contribution < -0.4 is 5.32 Å². The number of piperidine rings is 1. The number of guanidine groups is 1. The summed E-state index contributed by atoms with van der Waals surface area (Å²) in [5.41, 5.74) is 1.29. The lowest BCUT2D eigenvalue weighted by molar-refractivity contribution is 0.0824. The van der Waals surface area contributed by atoms with Crippen molar-refractivity contribution in [2.24, 2.45) is 4.99 Å². The van der Waals surface area contributed by atoms with Crippen LogP contribution in [0.3, 0.4) is 0 Å². The van der Waals surface area contributed by atoms with E-state index in [-0.39, 0.29) is 6.10 Å². The van der Waals surface area contributed by atoms with Gasteiger partial charge in [-0.25, -0.2) is 0 Å². The summed E-state index contributed by atoms with van der Waals surface area (Å²) in [5.74, 6) is 0.968. The van der Waals surface area contributed by atoms with Crippen molar-refractivity contribution in [1.82, 2.24) is 15.1 Å². The Morgan fingerprint density at radius 3 is 2.62 bits per heavy atom. The maximum atomic E-state index is 9.58. The van der Waals surface area contributed by atoms with Crippen molar-refractivity contribution < 1.29 is 5.11 Å². The Labute approximate surface area is 162 Å². The van der Waals surface area contributed by atoms with E-state index in [9.17, 15) is 5.11 Å². The molecule has 2 N–H and O–H groups in total. The molecule has 0 atom stereocenters. The van der Waals surface area contributed by atoms with E-state index < -0.39 is 0 Å². The van der Waals surface area contributed by atoms with Gasteiger partial charge in [-0.05, 0) is 56.7 Å². The fourth-order valence-electron chi connectivity index (χ4n) is 3.17. The Morgan fingerprint density at radius 1 is 1.31 bits per heavy atom. The van der Waals surface area contributed by atoms with Crippen LogP contribution in [0.4, 0.5) is 0 Å². The Kier molecular flexibility index (Phi) is 9.29. The molecule has 2 rings (SSSR count). The number of likely N-dealkylation sites (tertiary alicyclic amines) is 1. The molecule has 0 aromatic heterocycles. The van der Waals surface area contributed by atoms with Crippen LogP contribution in [0.2, 0.25) is 0 Å². The van der Waals surface area contributed by atoms with Crippen molar-refractivity contribution in [1.29, 1.82) is 0 Å². The topological polar surface area (TPSA) is 51.1 Å². The van der Waals surface area contributed by atoms with Gasteiger partial charge in [-0.2, -0.15) is 0 Å². The normalized spacial score (nSPS) is 16.7. The van der Waals surface area contributed by atoms with Gasteiger partial charge in [-0.15, -0.1) is 11.8 Å². The van der Waals surface area contributed by atoms with Gasteiger partial charge in [0.25, 0.3) is 0 Å². The van der Waals surface area contributed by atoms with Crippen molar-refractivity contribution in [2.45, 2.75) is 43.7 Å². The van der Waals surface area contributed by atoms with Gasteiger partial charge >= 0.3 is 0 Å². The molecule has 26 heavy (non-hydrogen) atoms. The minimum absolute atomic E-state index is 0.0942. The molecule has 1 heterocycles. The maximum Gasteiger partial charge on any atom is 0.193 e. The number of aliphatic imine (C=N–C) groups is 1. The van der Waals surface area contributed by atoms with E-state index in [1.807, 2.05) is 0 Å². The zero-order chi connectivity index (χ0) is 18.8. The minimum Gasteiger partial charge on any atom is -0.393 e. The quantitative estimate of drug-likeness (QED) is 0.315. The molecule has 1 aliphatic rings. The second-order valence-corrected chi connectivity index (χ2v) is 7.75. The smallest absolute Gasteiger partial charge is 0.193 e. The summed E-state index contributed by atoms with van der Waals surface area (Å²) in [6.45, 7) is 7.75. The van der Waals surface area contributed by atoms with Crippen molar-refractivity contribution in [3.63, 3.8) is 0 Å². The number of nitrogens with zero attached hydrogens (tertiary/aromatic N) is 3.